The second-order valence-corrected chi connectivity index (χ2v) is 9.37. The number of carbonyl (C=O) groups excluding carboxylic acids is 3. The Morgan fingerprint density at radius 3 is 1.67 bits per heavy atom. The number of rotatable bonds is 17. The molecular weight excluding hydrogens is 488 g/mol. The highest BCUT2D eigenvalue weighted by Crippen LogP contribution is 2.17. The van der Waals surface area contributed by atoms with Crippen LogP contribution in [-0.4, -0.2) is 60.9 Å². The monoisotopic (exact) mass is 536 g/mol. The normalized spacial score (nSPS) is 15.4. The number of methoxy groups -OCH3 is 1. The second kappa shape index (κ2) is 22.6. The van der Waals surface area contributed by atoms with Crippen LogP contribution in [0.2, 0.25) is 0 Å². The van der Waals surface area contributed by atoms with Gasteiger partial charge < -0.3 is 14.5 Å². The number of amides is 2. The minimum absolute atomic E-state index is 0.0622. The molecule has 6 nitrogen and oxygen atoms in total. The maximum atomic E-state index is 12.5. The fourth-order valence-corrected chi connectivity index (χ4v) is 4.01. The third-order valence-corrected chi connectivity index (χ3v) is 6.40. The Morgan fingerprint density at radius 1 is 0.744 bits per heavy atom. The van der Waals surface area contributed by atoms with Crippen molar-refractivity contribution in [2.45, 2.75) is 77.2 Å². The van der Waals surface area contributed by atoms with Crippen molar-refractivity contribution in [3.63, 3.8) is 0 Å². The Labute approximate surface area is 236 Å². The molecule has 1 fully saturated rings. The van der Waals surface area contributed by atoms with Crippen LogP contribution in [0, 0.1) is 0 Å². The minimum atomic E-state index is -0.552. The molecule has 1 heterocycles. The Kier molecular flexibility index (Phi) is 19.4. The van der Waals surface area contributed by atoms with Gasteiger partial charge in [0.05, 0.1) is 7.11 Å². The number of allylic oxidation sites excluding steroid dienone is 12. The van der Waals surface area contributed by atoms with Crippen molar-refractivity contribution in [1.82, 2.24) is 9.80 Å². The molecule has 6 heteroatoms. The standard InChI is InChI=1S/C33H48N2O4/c1-4-5-6-7-8-9-10-11-12-13-14-15-16-17-18-19-20-21-22-23-32(37)35-28-26-30(27-29-35)34(2)31(36)24-25-33(38)39-3/h5-6,8-9,11-12,14-15,17-18,20-21,24-25,30H,4,7,10,13,16,19,22-23,26-29H2,1-3H3. The van der Waals surface area contributed by atoms with Gasteiger partial charge in [0.25, 0.3) is 0 Å². The number of nitrogens with zero attached hydrogens (tertiary/aromatic N) is 2. The third kappa shape index (κ3) is 16.9. The number of piperidine rings is 1. The fraction of sp³-hybridized carbons (Fsp3) is 0.485. The summed E-state index contributed by atoms with van der Waals surface area (Å²) in [6, 6.07) is 0.0622. The molecule has 0 aliphatic carbocycles. The molecular formula is C33H48N2O4. The van der Waals surface area contributed by atoms with Crippen molar-refractivity contribution in [1.29, 1.82) is 0 Å². The average Bonchev–Trinajstić information content (AvgIpc) is 2.96. The number of hydrogen-bond donors (Lipinski definition) is 0. The Balaban J connectivity index is 2.12. The summed E-state index contributed by atoms with van der Waals surface area (Å²) in [5, 5.41) is 0. The van der Waals surface area contributed by atoms with Gasteiger partial charge in [0, 0.05) is 44.8 Å². The highest BCUT2D eigenvalue weighted by atomic mass is 16.5. The van der Waals surface area contributed by atoms with Crippen LogP contribution in [0.1, 0.15) is 71.1 Å². The molecule has 0 saturated carbocycles. The predicted octanol–water partition coefficient (Wildman–Crippen LogP) is 6.64. The van der Waals surface area contributed by atoms with E-state index in [1.807, 2.05) is 4.90 Å². The zero-order valence-corrected chi connectivity index (χ0v) is 24.2. The number of hydrogen-bond acceptors (Lipinski definition) is 4. The summed E-state index contributed by atoms with van der Waals surface area (Å²) >= 11 is 0. The molecule has 0 atom stereocenters. The minimum Gasteiger partial charge on any atom is -0.466 e. The van der Waals surface area contributed by atoms with Crippen molar-refractivity contribution in [2.75, 3.05) is 27.2 Å². The first-order valence-electron chi connectivity index (χ1n) is 14.2. The Bertz CT molecular complexity index is 916. The summed E-state index contributed by atoms with van der Waals surface area (Å²) < 4.78 is 4.51. The van der Waals surface area contributed by atoms with Crippen LogP contribution < -0.4 is 0 Å². The topological polar surface area (TPSA) is 66.9 Å². The number of ether oxygens (including phenoxy) is 1. The van der Waals surface area contributed by atoms with E-state index < -0.39 is 5.97 Å². The number of carbonyl (C=O) groups is 3. The zero-order valence-electron chi connectivity index (χ0n) is 24.2. The van der Waals surface area contributed by atoms with Gasteiger partial charge in [0.15, 0.2) is 0 Å². The molecule has 0 radical (unpaired) electrons. The van der Waals surface area contributed by atoms with E-state index in [9.17, 15) is 14.4 Å². The maximum absolute atomic E-state index is 12.5. The van der Waals surface area contributed by atoms with Gasteiger partial charge in [0.1, 0.15) is 0 Å². The van der Waals surface area contributed by atoms with E-state index in [1.165, 1.54) is 13.2 Å². The molecule has 0 bridgehead atoms. The highest BCUT2D eigenvalue weighted by Gasteiger charge is 2.26. The molecule has 214 valence electrons. The molecule has 1 rings (SSSR count). The smallest absolute Gasteiger partial charge is 0.330 e. The van der Waals surface area contributed by atoms with Gasteiger partial charge in [0.2, 0.25) is 11.8 Å². The van der Waals surface area contributed by atoms with Gasteiger partial charge >= 0.3 is 5.97 Å². The van der Waals surface area contributed by atoms with Crippen LogP contribution in [0.25, 0.3) is 0 Å². The van der Waals surface area contributed by atoms with Crippen molar-refractivity contribution in [3.8, 4) is 0 Å². The van der Waals surface area contributed by atoms with Crippen molar-refractivity contribution in [3.05, 3.63) is 85.1 Å². The van der Waals surface area contributed by atoms with E-state index in [0.717, 1.165) is 63.9 Å². The van der Waals surface area contributed by atoms with E-state index in [0.29, 0.717) is 19.5 Å². The van der Waals surface area contributed by atoms with E-state index in [-0.39, 0.29) is 17.9 Å². The number of likely N-dealkylation sites (N-methyl/N-ethyl adjacent to an activating group) is 1. The van der Waals surface area contributed by atoms with E-state index in [1.54, 1.807) is 11.9 Å². The molecule has 0 N–H and O–H groups in total. The lowest BCUT2D eigenvalue weighted by Crippen LogP contribution is -2.46. The lowest BCUT2D eigenvalue weighted by molar-refractivity contribution is -0.136. The van der Waals surface area contributed by atoms with Crippen LogP contribution in [0.15, 0.2) is 85.1 Å². The van der Waals surface area contributed by atoms with Gasteiger partial charge in [-0.1, -0.05) is 79.8 Å². The molecule has 0 aromatic heterocycles. The third-order valence-electron chi connectivity index (χ3n) is 6.40. The molecule has 2 amide bonds. The molecule has 0 aromatic rings. The van der Waals surface area contributed by atoms with Gasteiger partial charge in [-0.05, 0) is 57.8 Å². The summed E-state index contributed by atoms with van der Waals surface area (Å²) in [6.07, 6.45) is 37.0. The quantitative estimate of drug-likeness (QED) is 0.119. The lowest BCUT2D eigenvalue weighted by Gasteiger charge is -2.36. The van der Waals surface area contributed by atoms with Crippen molar-refractivity contribution < 1.29 is 19.1 Å². The summed E-state index contributed by atoms with van der Waals surface area (Å²) in [5.74, 6) is -0.626. The van der Waals surface area contributed by atoms with E-state index in [4.69, 9.17) is 0 Å². The largest absolute Gasteiger partial charge is 0.466 e. The van der Waals surface area contributed by atoms with Gasteiger partial charge in [-0.3, -0.25) is 9.59 Å². The van der Waals surface area contributed by atoms with Crippen LogP contribution in [0.3, 0.4) is 0 Å². The van der Waals surface area contributed by atoms with E-state index >= 15 is 0 Å². The highest BCUT2D eigenvalue weighted by molar-refractivity contribution is 5.94. The first-order valence-corrected chi connectivity index (χ1v) is 14.2. The molecule has 1 aliphatic heterocycles. The van der Waals surface area contributed by atoms with Crippen LogP contribution in [-0.2, 0) is 19.1 Å². The molecule has 0 unspecified atom stereocenters. The lowest BCUT2D eigenvalue weighted by atomic mass is 10.0. The average molecular weight is 537 g/mol. The zero-order chi connectivity index (χ0) is 28.6. The predicted molar refractivity (Wildman–Crippen MR) is 161 cm³/mol. The van der Waals surface area contributed by atoms with Gasteiger partial charge in [-0.15, -0.1) is 0 Å². The van der Waals surface area contributed by atoms with Crippen molar-refractivity contribution >= 4 is 17.8 Å². The summed E-state index contributed by atoms with van der Waals surface area (Å²) in [5.41, 5.74) is 0. The first kappa shape index (κ1) is 33.6. The Hall–Kier alpha value is -3.41. The van der Waals surface area contributed by atoms with Crippen molar-refractivity contribution in [2.24, 2.45) is 0 Å². The molecule has 1 aliphatic rings. The number of likely N-dealkylation sites (tertiary alicyclic amines) is 1. The van der Waals surface area contributed by atoms with Crippen LogP contribution in [0.5, 0.6) is 0 Å². The van der Waals surface area contributed by atoms with Gasteiger partial charge in [-0.2, -0.15) is 0 Å². The van der Waals surface area contributed by atoms with Crippen LogP contribution in [0.4, 0.5) is 0 Å². The molecule has 39 heavy (non-hydrogen) atoms. The maximum Gasteiger partial charge on any atom is 0.330 e. The molecule has 1 saturated heterocycles. The van der Waals surface area contributed by atoms with E-state index in [2.05, 4.69) is 84.6 Å². The first-order chi connectivity index (χ1) is 19.0. The molecule has 0 spiro atoms. The van der Waals surface area contributed by atoms with Crippen LogP contribution >= 0.6 is 0 Å². The Morgan fingerprint density at radius 2 is 1.21 bits per heavy atom. The molecule has 0 aromatic carbocycles. The van der Waals surface area contributed by atoms with Gasteiger partial charge in [-0.25, -0.2) is 4.79 Å². The second-order valence-electron chi connectivity index (χ2n) is 9.37. The number of esters is 1. The summed E-state index contributed by atoms with van der Waals surface area (Å²) in [7, 11) is 3.00. The summed E-state index contributed by atoms with van der Waals surface area (Å²) in [4.78, 5) is 39.4. The summed E-state index contributed by atoms with van der Waals surface area (Å²) in [6.45, 7) is 3.44. The SMILES string of the molecule is CCC=CCC=CCC=CCC=CCC=CCC=CCCC(=O)N1CCC(N(C)C(=O)C=CC(=O)OC)CC1. The fourth-order valence-electron chi connectivity index (χ4n) is 4.01.